The van der Waals surface area contributed by atoms with Gasteiger partial charge in [0, 0.05) is 5.69 Å². The average molecular weight is 321 g/mol. The summed E-state index contributed by atoms with van der Waals surface area (Å²) in [5.41, 5.74) is 6.36. The zero-order chi connectivity index (χ0) is 17.4. The van der Waals surface area contributed by atoms with Gasteiger partial charge in [-0.3, -0.25) is 9.59 Å². The largest absolute Gasteiger partial charge is 0.491 e. The number of benzene rings is 1. The first-order valence-corrected chi connectivity index (χ1v) is 7.93. The molecule has 0 fully saturated rings. The molecule has 0 saturated carbocycles. The molecule has 0 aliphatic rings. The van der Waals surface area contributed by atoms with E-state index in [0.29, 0.717) is 5.69 Å². The van der Waals surface area contributed by atoms with Gasteiger partial charge in [0.05, 0.1) is 18.7 Å². The van der Waals surface area contributed by atoms with Crippen molar-refractivity contribution in [2.75, 3.05) is 11.9 Å². The summed E-state index contributed by atoms with van der Waals surface area (Å²) in [4.78, 5) is 23.5. The summed E-state index contributed by atoms with van der Waals surface area (Å²) in [5.74, 6) is 0.155. The van der Waals surface area contributed by atoms with Crippen molar-refractivity contribution in [2.45, 2.75) is 46.3 Å². The molecule has 0 heterocycles. The van der Waals surface area contributed by atoms with E-state index in [2.05, 4.69) is 17.6 Å². The highest BCUT2D eigenvalue weighted by Gasteiger charge is 2.17. The van der Waals surface area contributed by atoms with Gasteiger partial charge in [0.25, 0.3) is 0 Å². The number of hydrogen-bond acceptors (Lipinski definition) is 4. The van der Waals surface area contributed by atoms with E-state index in [1.165, 1.54) is 0 Å². The maximum atomic E-state index is 11.8. The molecular formula is C17H27N3O3. The van der Waals surface area contributed by atoms with Crippen LogP contribution in [0.15, 0.2) is 24.3 Å². The molecule has 0 aliphatic heterocycles. The van der Waals surface area contributed by atoms with Gasteiger partial charge in [0.2, 0.25) is 11.8 Å². The molecule has 6 heteroatoms. The molecule has 4 N–H and O–H groups in total. The van der Waals surface area contributed by atoms with Crippen LogP contribution in [0.2, 0.25) is 0 Å². The molecule has 128 valence electrons. The lowest BCUT2D eigenvalue weighted by Gasteiger charge is -2.15. The van der Waals surface area contributed by atoms with Crippen LogP contribution in [0.25, 0.3) is 0 Å². The summed E-state index contributed by atoms with van der Waals surface area (Å²) in [7, 11) is 0. The smallest absolute Gasteiger partial charge is 0.243 e. The van der Waals surface area contributed by atoms with Gasteiger partial charge in [-0.15, -0.1) is 0 Å². The number of ether oxygens (including phenoxy) is 1. The van der Waals surface area contributed by atoms with Crippen LogP contribution in [0.1, 0.15) is 34.1 Å². The summed E-state index contributed by atoms with van der Waals surface area (Å²) in [6.45, 7) is 7.66. The number of rotatable bonds is 8. The van der Waals surface area contributed by atoms with Gasteiger partial charge in [-0.2, -0.15) is 0 Å². The molecule has 0 radical (unpaired) electrons. The highest BCUT2D eigenvalue weighted by atomic mass is 16.5. The van der Waals surface area contributed by atoms with Crippen molar-refractivity contribution in [2.24, 2.45) is 11.7 Å². The van der Waals surface area contributed by atoms with Crippen molar-refractivity contribution in [3.05, 3.63) is 24.3 Å². The molecular weight excluding hydrogens is 294 g/mol. The maximum Gasteiger partial charge on any atom is 0.243 e. The van der Waals surface area contributed by atoms with E-state index in [-0.39, 0.29) is 30.4 Å². The fourth-order valence-electron chi connectivity index (χ4n) is 1.73. The summed E-state index contributed by atoms with van der Waals surface area (Å²) in [6, 6.07) is 6.51. The van der Waals surface area contributed by atoms with Crippen LogP contribution in [-0.4, -0.2) is 30.5 Å². The Kier molecular flexibility index (Phi) is 7.54. The zero-order valence-corrected chi connectivity index (χ0v) is 14.3. The maximum absolute atomic E-state index is 11.8. The summed E-state index contributed by atoms with van der Waals surface area (Å²) >= 11 is 0. The van der Waals surface area contributed by atoms with E-state index in [4.69, 9.17) is 10.5 Å². The van der Waals surface area contributed by atoms with Gasteiger partial charge in [-0.1, -0.05) is 20.8 Å². The minimum absolute atomic E-state index is 0.0242. The first-order valence-electron chi connectivity index (χ1n) is 7.93. The Morgan fingerprint density at radius 2 is 1.78 bits per heavy atom. The number of hydrogen-bond donors (Lipinski definition) is 3. The summed E-state index contributed by atoms with van der Waals surface area (Å²) < 4.78 is 5.67. The Morgan fingerprint density at radius 1 is 1.17 bits per heavy atom. The number of nitrogens with one attached hydrogen (secondary N) is 2. The second-order valence-corrected chi connectivity index (χ2v) is 5.90. The molecule has 2 amide bonds. The van der Waals surface area contributed by atoms with Crippen molar-refractivity contribution in [1.82, 2.24) is 5.32 Å². The highest BCUT2D eigenvalue weighted by Crippen LogP contribution is 2.17. The molecule has 1 rings (SSSR count). The quantitative estimate of drug-likeness (QED) is 0.682. The lowest BCUT2D eigenvalue weighted by molar-refractivity contribution is -0.125. The molecule has 0 bridgehead atoms. The standard InChI is InChI=1S/C17H27N3O3/c1-5-12(4)23-14-8-6-13(7-9-14)20-15(21)10-19-17(22)16(18)11(2)3/h6-9,11-12,16H,5,10,18H2,1-4H3,(H,19,22)(H,20,21)/t12?,16-/m0/s1. The van der Waals surface area contributed by atoms with E-state index in [9.17, 15) is 9.59 Å². The first kappa shape index (κ1) is 19.0. The van der Waals surface area contributed by atoms with Gasteiger partial charge in [-0.05, 0) is 43.5 Å². The minimum Gasteiger partial charge on any atom is -0.491 e. The summed E-state index contributed by atoms with van der Waals surface area (Å²) in [6.07, 6.45) is 1.08. The van der Waals surface area contributed by atoms with Gasteiger partial charge in [0.1, 0.15) is 5.75 Å². The third kappa shape index (κ3) is 6.69. The number of amides is 2. The van der Waals surface area contributed by atoms with Gasteiger partial charge in [-0.25, -0.2) is 0 Å². The third-order valence-corrected chi connectivity index (χ3v) is 3.49. The Bertz CT molecular complexity index is 514. The fourth-order valence-corrected chi connectivity index (χ4v) is 1.73. The number of anilines is 1. The molecule has 1 aromatic carbocycles. The highest BCUT2D eigenvalue weighted by molar-refractivity contribution is 5.95. The molecule has 0 spiro atoms. The van der Waals surface area contributed by atoms with Crippen LogP contribution in [0, 0.1) is 5.92 Å². The molecule has 6 nitrogen and oxygen atoms in total. The van der Waals surface area contributed by atoms with Crippen LogP contribution >= 0.6 is 0 Å². The van der Waals surface area contributed by atoms with Crippen LogP contribution in [0.3, 0.4) is 0 Å². The topological polar surface area (TPSA) is 93.5 Å². The van der Waals surface area contributed by atoms with E-state index >= 15 is 0 Å². The molecule has 1 unspecified atom stereocenters. The lowest BCUT2D eigenvalue weighted by atomic mass is 10.1. The van der Waals surface area contributed by atoms with E-state index in [0.717, 1.165) is 12.2 Å². The Balaban J connectivity index is 2.44. The monoisotopic (exact) mass is 321 g/mol. The second kappa shape index (κ2) is 9.15. The predicted molar refractivity (Wildman–Crippen MR) is 91.3 cm³/mol. The molecule has 0 saturated heterocycles. The SMILES string of the molecule is CCC(C)Oc1ccc(NC(=O)CNC(=O)[C@@H](N)C(C)C)cc1. The van der Waals surface area contributed by atoms with Crippen LogP contribution in [0.5, 0.6) is 5.75 Å². The predicted octanol–water partition coefficient (Wildman–Crippen LogP) is 1.90. The van der Waals surface area contributed by atoms with Crippen LogP contribution < -0.4 is 21.1 Å². The molecule has 23 heavy (non-hydrogen) atoms. The van der Waals surface area contributed by atoms with Crippen molar-refractivity contribution in [3.8, 4) is 5.75 Å². The summed E-state index contributed by atoms with van der Waals surface area (Å²) in [5, 5.41) is 5.24. The fraction of sp³-hybridized carbons (Fsp3) is 0.529. The average Bonchev–Trinajstić information content (AvgIpc) is 2.53. The van der Waals surface area contributed by atoms with Gasteiger partial charge in [0.15, 0.2) is 0 Å². The van der Waals surface area contributed by atoms with E-state index in [1.807, 2.05) is 20.8 Å². The number of carbonyl (C=O) groups is 2. The van der Waals surface area contributed by atoms with Gasteiger partial charge >= 0.3 is 0 Å². The molecule has 0 aliphatic carbocycles. The molecule has 1 aromatic rings. The van der Waals surface area contributed by atoms with Crippen molar-refractivity contribution in [1.29, 1.82) is 0 Å². The number of carbonyl (C=O) groups excluding carboxylic acids is 2. The van der Waals surface area contributed by atoms with E-state index < -0.39 is 6.04 Å². The van der Waals surface area contributed by atoms with E-state index in [1.54, 1.807) is 24.3 Å². The Labute approximate surface area is 137 Å². The molecule has 2 atom stereocenters. The lowest BCUT2D eigenvalue weighted by Crippen LogP contribution is -2.46. The van der Waals surface area contributed by atoms with Crippen LogP contribution in [0.4, 0.5) is 5.69 Å². The second-order valence-electron chi connectivity index (χ2n) is 5.90. The van der Waals surface area contributed by atoms with Crippen LogP contribution in [-0.2, 0) is 9.59 Å². The Morgan fingerprint density at radius 3 is 2.30 bits per heavy atom. The van der Waals surface area contributed by atoms with Crippen molar-refractivity contribution < 1.29 is 14.3 Å². The first-order chi connectivity index (χ1) is 10.8. The number of nitrogens with two attached hydrogens (primary N) is 1. The van der Waals surface area contributed by atoms with Crippen molar-refractivity contribution in [3.63, 3.8) is 0 Å². The minimum atomic E-state index is -0.611. The normalized spacial score (nSPS) is 13.3. The third-order valence-electron chi connectivity index (χ3n) is 3.49. The Hall–Kier alpha value is -2.08. The van der Waals surface area contributed by atoms with Gasteiger partial charge < -0.3 is 21.1 Å². The van der Waals surface area contributed by atoms with Crippen molar-refractivity contribution >= 4 is 17.5 Å². The zero-order valence-electron chi connectivity index (χ0n) is 14.3. The molecule has 0 aromatic heterocycles.